The number of fused-ring (bicyclic) bond motifs is 1. The van der Waals surface area contributed by atoms with Crippen molar-refractivity contribution >= 4 is 24.1 Å². The lowest BCUT2D eigenvalue weighted by Gasteiger charge is -2.31. The SMILES string of the molecule is CC(C)(C)OC(=O)N1CC(=O)[C@H]2[C@@H]1CN(C(=O)OC(C)(C)C)N2C(=O)OCc1ccccc1. The van der Waals surface area contributed by atoms with Gasteiger partial charge in [-0.3, -0.25) is 9.69 Å². The van der Waals surface area contributed by atoms with Crippen molar-refractivity contribution in [2.75, 3.05) is 13.1 Å². The average Bonchev–Trinajstić information content (AvgIpc) is 3.22. The summed E-state index contributed by atoms with van der Waals surface area (Å²) in [5, 5.41) is 2.00. The van der Waals surface area contributed by atoms with Crippen LogP contribution in [0.2, 0.25) is 0 Å². The van der Waals surface area contributed by atoms with Crippen LogP contribution in [0.3, 0.4) is 0 Å². The van der Waals surface area contributed by atoms with E-state index in [1.165, 1.54) is 4.90 Å². The zero-order valence-corrected chi connectivity index (χ0v) is 19.9. The third-order valence-electron chi connectivity index (χ3n) is 4.93. The summed E-state index contributed by atoms with van der Waals surface area (Å²) in [5.41, 5.74) is -0.849. The largest absolute Gasteiger partial charge is 0.444 e. The molecule has 0 spiro atoms. The second-order valence-electron chi connectivity index (χ2n) is 10.0. The Kier molecular flexibility index (Phi) is 6.58. The number of likely N-dealkylation sites (tertiary alicyclic amines) is 1. The minimum Gasteiger partial charge on any atom is -0.444 e. The molecule has 33 heavy (non-hydrogen) atoms. The van der Waals surface area contributed by atoms with Gasteiger partial charge in [-0.25, -0.2) is 24.4 Å². The maximum absolute atomic E-state index is 13.1. The van der Waals surface area contributed by atoms with Crippen LogP contribution >= 0.6 is 0 Å². The number of benzene rings is 1. The molecule has 0 N–H and O–H groups in total. The summed E-state index contributed by atoms with van der Waals surface area (Å²) >= 11 is 0. The van der Waals surface area contributed by atoms with Crippen molar-refractivity contribution in [3.8, 4) is 0 Å². The predicted molar refractivity (Wildman–Crippen MR) is 117 cm³/mol. The van der Waals surface area contributed by atoms with Gasteiger partial charge >= 0.3 is 18.3 Å². The first-order valence-electron chi connectivity index (χ1n) is 10.8. The Labute approximate surface area is 193 Å². The van der Waals surface area contributed by atoms with Gasteiger partial charge in [0.05, 0.1) is 19.1 Å². The molecule has 10 nitrogen and oxygen atoms in total. The van der Waals surface area contributed by atoms with Crippen molar-refractivity contribution in [2.45, 2.75) is 71.4 Å². The maximum Gasteiger partial charge on any atom is 0.430 e. The first-order valence-corrected chi connectivity index (χ1v) is 10.8. The summed E-state index contributed by atoms with van der Waals surface area (Å²) in [4.78, 5) is 52.8. The van der Waals surface area contributed by atoms with Gasteiger partial charge in [0, 0.05) is 0 Å². The van der Waals surface area contributed by atoms with Gasteiger partial charge in [-0.15, -0.1) is 0 Å². The lowest BCUT2D eigenvalue weighted by molar-refractivity contribution is -0.123. The lowest BCUT2D eigenvalue weighted by Crippen LogP contribution is -2.52. The van der Waals surface area contributed by atoms with E-state index in [-0.39, 0.29) is 19.7 Å². The smallest absolute Gasteiger partial charge is 0.430 e. The van der Waals surface area contributed by atoms with E-state index >= 15 is 0 Å². The zero-order valence-electron chi connectivity index (χ0n) is 19.9. The van der Waals surface area contributed by atoms with Crippen LogP contribution in [0.5, 0.6) is 0 Å². The molecule has 2 fully saturated rings. The fourth-order valence-corrected chi connectivity index (χ4v) is 3.67. The molecule has 10 heteroatoms. The normalized spacial score (nSPS) is 20.5. The minimum atomic E-state index is -1.08. The Hall–Kier alpha value is -3.30. The van der Waals surface area contributed by atoms with E-state index in [9.17, 15) is 19.2 Å². The number of carbonyl (C=O) groups is 4. The topological polar surface area (TPSA) is 106 Å². The molecule has 180 valence electrons. The number of ether oxygens (including phenoxy) is 3. The molecular formula is C23H31N3O7. The standard InChI is InChI=1S/C23H31N3O7/c1-22(2,3)32-19(28)24-13-17(27)18-16(24)12-25(20(29)33-23(4,5)6)26(18)21(30)31-14-15-10-8-7-9-11-15/h7-11,16,18H,12-14H2,1-6H3/t16-,18+/m0/s1. The number of carbonyl (C=O) groups excluding carboxylic acids is 4. The average molecular weight is 462 g/mol. The molecule has 2 aliphatic heterocycles. The molecule has 2 saturated heterocycles. The van der Waals surface area contributed by atoms with E-state index < -0.39 is 47.3 Å². The van der Waals surface area contributed by atoms with E-state index in [4.69, 9.17) is 14.2 Å². The van der Waals surface area contributed by atoms with Crippen LogP contribution in [-0.2, 0) is 25.6 Å². The molecular weight excluding hydrogens is 430 g/mol. The van der Waals surface area contributed by atoms with Gasteiger partial charge < -0.3 is 14.2 Å². The summed E-state index contributed by atoms with van der Waals surface area (Å²) in [7, 11) is 0. The van der Waals surface area contributed by atoms with Crippen LogP contribution < -0.4 is 0 Å². The molecule has 1 aromatic carbocycles. The van der Waals surface area contributed by atoms with E-state index in [1.807, 2.05) is 6.07 Å². The highest BCUT2D eigenvalue weighted by molar-refractivity contribution is 5.96. The molecule has 2 atom stereocenters. The number of rotatable bonds is 2. The molecule has 0 saturated carbocycles. The third kappa shape index (κ3) is 5.74. The van der Waals surface area contributed by atoms with Crippen LogP contribution in [0.1, 0.15) is 47.1 Å². The summed E-state index contributed by atoms with van der Waals surface area (Å²) < 4.78 is 16.3. The van der Waals surface area contributed by atoms with Gasteiger partial charge in [-0.1, -0.05) is 30.3 Å². The van der Waals surface area contributed by atoms with Crippen molar-refractivity contribution < 1.29 is 33.4 Å². The predicted octanol–water partition coefficient (Wildman–Crippen LogP) is 3.35. The molecule has 0 bridgehead atoms. The van der Waals surface area contributed by atoms with E-state index in [0.29, 0.717) is 0 Å². The number of hydrogen-bond acceptors (Lipinski definition) is 7. The number of Topliss-reactive ketones (excluding diaryl/α,β-unsaturated/α-hetero) is 1. The summed E-state index contributed by atoms with van der Waals surface area (Å²) in [5.74, 6) is -0.395. The van der Waals surface area contributed by atoms with Crippen LogP contribution in [0.25, 0.3) is 0 Å². The molecule has 2 aliphatic rings. The highest BCUT2D eigenvalue weighted by atomic mass is 16.6. The van der Waals surface area contributed by atoms with Gasteiger partial charge in [0.15, 0.2) is 5.78 Å². The number of nitrogens with zero attached hydrogens (tertiary/aromatic N) is 3. The highest BCUT2D eigenvalue weighted by Crippen LogP contribution is 2.32. The second-order valence-corrected chi connectivity index (χ2v) is 10.0. The first-order chi connectivity index (χ1) is 15.3. The Morgan fingerprint density at radius 1 is 0.909 bits per heavy atom. The van der Waals surface area contributed by atoms with E-state index in [1.54, 1.807) is 65.8 Å². The third-order valence-corrected chi connectivity index (χ3v) is 4.93. The van der Waals surface area contributed by atoms with Gasteiger partial charge in [0.25, 0.3) is 0 Å². The Balaban J connectivity index is 1.85. The quantitative estimate of drug-likeness (QED) is 0.622. The molecule has 0 aliphatic carbocycles. The van der Waals surface area contributed by atoms with Crippen molar-refractivity contribution in [1.82, 2.24) is 14.9 Å². The van der Waals surface area contributed by atoms with Crippen molar-refractivity contribution in [3.63, 3.8) is 0 Å². The molecule has 2 heterocycles. The van der Waals surface area contributed by atoms with Gasteiger partial charge in [-0.05, 0) is 47.1 Å². The van der Waals surface area contributed by atoms with Gasteiger partial charge in [0.2, 0.25) is 0 Å². The van der Waals surface area contributed by atoms with Crippen molar-refractivity contribution in [2.24, 2.45) is 0 Å². The van der Waals surface area contributed by atoms with Crippen molar-refractivity contribution in [3.05, 3.63) is 35.9 Å². The van der Waals surface area contributed by atoms with Crippen LogP contribution in [0.4, 0.5) is 14.4 Å². The van der Waals surface area contributed by atoms with Crippen LogP contribution in [0, 0.1) is 0 Å². The van der Waals surface area contributed by atoms with Crippen LogP contribution in [0.15, 0.2) is 30.3 Å². The molecule has 3 rings (SSSR count). The number of ketones is 1. The summed E-state index contributed by atoms with van der Waals surface area (Å²) in [6.45, 7) is 9.85. The van der Waals surface area contributed by atoms with E-state index in [0.717, 1.165) is 15.6 Å². The lowest BCUT2D eigenvalue weighted by atomic mass is 10.1. The van der Waals surface area contributed by atoms with E-state index in [2.05, 4.69) is 0 Å². The van der Waals surface area contributed by atoms with Crippen molar-refractivity contribution in [1.29, 1.82) is 0 Å². The summed E-state index contributed by atoms with van der Waals surface area (Å²) in [6.07, 6.45) is -2.38. The molecule has 1 aromatic rings. The maximum atomic E-state index is 13.1. The molecule has 0 aromatic heterocycles. The first kappa shape index (κ1) is 24.3. The van der Waals surface area contributed by atoms with Gasteiger partial charge in [-0.2, -0.15) is 0 Å². The molecule has 3 amide bonds. The Morgan fingerprint density at radius 3 is 2.06 bits per heavy atom. The number of hydrazine groups is 1. The Morgan fingerprint density at radius 2 is 1.48 bits per heavy atom. The second kappa shape index (κ2) is 8.92. The molecule has 0 radical (unpaired) electrons. The summed E-state index contributed by atoms with van der Waals surface area (Å²) in [6, 6.07) is 7.18. The highest BCUT2D eigenvalue weighted by Gasteiger charge is 2.58. The number of amides is 3. The Bertz CT molecular complexity index is 920. The monoisotopic (exact) mass is 461 g/mol. The zero-order chi connectivity index (χ0) is 24.6. The number of hydrogen-bond donors (Lipinski definition) is 0. The minimum absolute atomic E-state index is 0.0420. The van der Waals surface area contributed by atoms with Gasteiger partial charge in [0.1, 0.15) is 23.9 Å². The molecule has 0 unspecified atom stereocenters. The fraction of sp³-hybridized carbons (Fsp3) is 0.565. The van der Waals surface area contributed by atoms with Crippen LogP contribution in [-0.4, -0.2) is 75.4 Å². The fourth-order valence-electron chi connectivity index (χ4n) is 3.67.